The summed E-state index contributed by atoms with van der Waals surface area (Å²) in [7, 11) is 0. The molecule has 0 spiro atoms. The van der Waals surface area contributed by atoms with Crippen LogP contribution < -0.4 is 0 Å². The normalized spacial score (nSPS) is 10.4. The van der Waals surface area contributed by atoms with Gasteiger partial charge in [-0.05, 0) is 12.8 Å². The van der Waals surface area contributed by atoms with E-state index in [0.29, 0.717) is 0 Å². The number of hydrogen-bond acceptors (Lipinski definition) is 2. The second-order valence-electron chi connectivity index (χ2n) is 2.72. The molecule has 3 heteroatoms. The molecule has 0 saturated carbocycles. The van der Waals surface area contributed by atoms with E-state index in [1.165, 1.54) is 0 Å². The van der Waals surface area contributed by atoms with Crippen molar-refractivity contribution in [1.29, 1.82) is 0 Å². The van der Waals surface area contributed by atoms with E-state index in [9.17, 15) is 0 Å². The van der Waals surface area contributed by atoms with Crippen LogP contribution in [0.1, 0.15) is 38.3 Å². The molecule has 0 unspecified atom stereocenters. The summed E-state index contributed by atoms with van der Waals surface area (Å²) < 4.78 is 0. The Bertz CT molecular complexity index is 184. The lowest BCUT2D eigenvalue weighted by Gasteiger charge is -1.88. The molecule has 0 amide bonds. The molecule has 1 heterocycles. The maximum Gasteiger partial charge on any atom is 0.130 e. The van der Waals surface area contributed by atoms with Gasteiger partial charge in [0.1, 0.15) is 11.6 Å². The number of hydrogen-bond donors (Lipinski definition) is 1. The van der Waals surface area contributed by atoms with Crippen LogP contribution in [0.3, 0.4) is 0 Å². The second kappa shape index (κ2) is 4.11. The number of nitrogens with zero attached hydrogens (tertiary/aromatic N) is 2. The van der Waals surface area contributed by atoms with Crippen molar-refractivity contribution in [3.8, 4) is 0 Å². The molecule has 0 fully saturated rings. The van der Waals surface area contributed by atoms with Crippen LogP contribution in [-0.2, 0) is 12.8 Å². The van der Waals surface area contributed by atoms with Crippen molar-refractivity contribution in [3.05, 3.63) is 11.6 Å². The second-order valence-corrected chi connectivity index (χ2v) is 2.72. The molecular formula is C8H15N3. The van der Waals surface area contributed by atoms with E-state index in [1.54, 1.807) is 0 Å². The highest BCUT2D eigenvalue weighted by atomic mass is 15.2. The fraction of sp³-hybridized carbons (Fsp3) is 0.750. The van der Waals surface area contributed by atoms with Crippen molar-refractivity contribution >= 4 is 0 Å². The molecule has 0 atom stereocenters. The molecule has 11 heavy (non-hydrogen) atoms. The van der Waals surface area contributed by atoms with Crippen LogP contribution in [0.5, 0.6) is 0 Å². The Labute approximate surface area is 67.2 Å². The van der Waals surface area contributed by atoms with Crippen molar-refractivity contribution in [1.82, 2.24) is 15.2 Å². The van der Waals surface area contributed by atoms with Crippen LogP contribution >= 0.6 is 0 Å². The maximum atomic E-state index is 4.02. The van der Waals surface area contributed by atoms with E-state index in [2.05, 4.69) is 29.0 Å². The molecule has 1 aromatic rings. The van der Waals surface area contributed by atoms with E-state index in [4.69, 9.17) is 0 Å². The topological polar surface area (TPSA) is 41.6 Å². The van der Waals surface area contributed by atoms with Crippen molar-refractivity contribution in [2.45, 2.75) is 39.5 Å². The van der Waals surface area contributed by atoms with E-state index in [0.717, 1.165) is 37.3 Å². The van der Waals surface area contributed by atoms with Gasteiger partial charge in [-0.25, -0.2) is 0 Å². The van der Waals surface area contributed by atoms with Crippen LogP contribution in [-0.4, -0.2) is 15.2 Å². The first-order valence-electron chi connectivity index (χ1n) is 4.27. The highest BCUT2D eigenvalue weighted by molar-refractivity contribution is 4.89. The van der Waals surface area contributed by atoms with E-state index < -0.39 is 0 Å². The zero-order valence-corrected chi connectivity index (χ0v) is 7.22. The molecule has 0 aliphatic carbocycles. The molecule has 0 aliphatic rings. The van der Waals surface area contributed by atoms with Gasteiger partial charge in [0.15, 0.2) is 0 Å². The first-order valence-corrected chi connectivity index (χ1v) is 4.27. The summed E-state index contributed by atoms with van der Waals surface area (Å²) in [5.74, 6) is 2.05. The van der Waals surface area contributed by atoms with Gasteiger partial charge in [0.25, 0.3) is 0 Å². The van der Waals surface area contributed by atoms with Gasteiger partial charge in [-0.15, -0.1) is 10.2 Å². The molecule has 3 nitrogen and oxygen atoms in total. The largest absolute Gasteiger partial charge is 0.329 e. The maximum absolute atomic E-state index is 4.02. The quantitative estimate of drug-likeness (QED) is 0.715. The Balaban J connectivity index is 2.51. The van der Waals surface area contributed by atoms with Gasteiger partial charge in [-0.2, -0.15) is 0 Å². The summed E-state index contributed by atoms with van der Waals surface area (Å²) in [6, 6.07) is 0. The van der Waals surface area contributed by atoms with Gasteiger partial charge in [-0.3, -0.25) is 0 Å². The van der Waals surface area contributed by atoms with Crippen molar-refractivity contribution in [2.75, 3.05) is 0 Å². The monoisotopic (exact) mass is 153 g/mol. The number of aromatic nitrogens is 3. The summed E-state index contributed by atoms with van der Waals surface area (Å²) in [6.07, 6.45) is 4.27. The van der Waals surface area contributed by atoms with Crippen LogP contribution in [0.2, 0.25) is 0 Å². The minimum Gasteiger partial charge on any atom is -0.329 e. The SMILES string of the molecule is CCCc1nnc(CCC)[nH]1. The van der Waals surface area contributed by atoms with Crippen molar-refractivity contribution < 1.29 is 0 Å². The Hall–Kier alpha value is -0.860. The van der Waals surface area contributed by atoms with Crippen molar-refractivity contribution in [2.24, 2.45) is 0 Å². The van der Waals surface area contributed by atoms with Crippen molar-refractivity contribution in [3.63, 3.8) is 0 Å². The first kappa shape index (κ1) is 8.24. The number of nitrogens with one attached hydrogen (secondary N) is 1. The Morgan fingerprint density at radius 2 is 1.45 bits per heavy atom. The molecule has 1 aromatic heterocycles. The minimum atomic E-state index is 1.01. The predicted molar refractivity (Wildman–Crippen MR) is 44.4 cm³/mol. The van der Waals surface area contributed by atoms with Gasteiger partial charge >= 0.3 is 0 Å². The molecule has 0 aromatic carbocycles. The Morgan fingerprint density at radius 1 is 1.00 bits per heavy atom. The van der Waals surface area contributed by atoms with Crippen LogP contribution in [0.4, 0.5) is 0 Å². The lowest BCUT2D eigenvalue weighted by molar-refractivity contribution is 0.836. The Kier molecular flexibility index (Phi) is 3.08. The minimum absolute atomic E-state index is 1.01. The molecule has 0 aliphatic heterocycles. The summed E-state index contributed by atoms with van der Waals surface area (Å²) in [5, 5.41) is 8.04. The number of aromatic amines is 1. The fourth-order valence-corrected chi connectivity index (χ4v) is 1.04. The third kappa shape index (κ3) is 2.33. The van der Waals surface area contributed by atoms with Crippen LogP contribution in [0.15, 0.2) is 0 Å². The summed E-state index contributed by atoms with van der Waals surface area (Å²) in [4.78, 5) is 3.19. The van der Waals surface area contributed by atoms with Crippen LogP contribution in [0.25, 0.3) is 0 Å². The molecule has 0 radical (unpaired) electrons. The van der Waals surface area contributed by atoms with Gasteiger partial charge in [0, 0.05) is 12.8 Å². The number of aryl methyl sites for hydroxylation is 2. The number of rotatable bonds is 4. The zero-order valence-electron chi connectivity index (χ0n) is 7.22. The zero-order chi connectivity index (χ0) is 8.10. The van der Waals surface area contributed by atoms with E-state index in [1.807, 2.05) is 0 Å². The average molecular weight is 153 g/mol. The average Bonchev–Trinajstić information content (AvgIpc) is 2.38. The summed E-state index contributed by atoms with van der Waals surface area (Å²) in [6.45, 7) is 4.28. The highest BCUT2D eigenvalue weighted by Gasteiger charge is 1.98. The summed E-state index contributed by atoms with van der Waals surface area (Å²) in [5.41, 5.74) is 0. The molecule has 1 rings (SSSR count). The summed E-state index contributed by atoms with van der Waals surface area (Å²) >= 11 is 0. The van der Waals surface area contributed by atoms with Crippen LogP contribution in [0, 0.1) is 0 Å². The molecule has 1 N–H and O–H groups in total. The van der Waals surface area contributed by atoms with Gasteiger partial charge < -0.3 is 4.98 Å². The molecule has 62 valence electrons. The highest BCUT2D eigenvalue weighted by Crippen LogP contribution is 1.98. The van der Waals surface area contributed by atoms with E-state index in [-0.39, 0.29) is 0 Å². The third-order valence-corrected chi connectivity index (χ3v) is 1.55. The van der Waals surface area contributed by atoms with Gasteiger partial charge in [0.05, 0.1) is 0 Å². The third-order valence-electron chi connectivity index (χ3n) is 1.55. The van der Waals surface area contributed by atoms with Gasteiger partial charge in [-0.1, -0.05) is 13.8 Å². The molecular weight excluding hydrogens is 138 g/mol. The van der Waals surface area contributed by atoms with E-state index >= 15 is 0 Å². The smallest absolute Gasteiger partial charge is 0.130 e. The lowest BCUT2D eigenvalue weighted by atomic mass is 10.3. The van der Waals surface area contributed by atoms with Gasteiger partial charge in [0.2, 0.25) is 0 Å². The fourth-order valence-electron chi connectivity index (χ4n) is 1.04. The predicted octanol–water partition coefficient (Wildman–Crippen LogP) is 1.71. The lowest BCUT2D eigenvalue weighted by Crippen LogP contribution is -1.87. The molecule has 0 bridgehead atoms. The first-order chi connectivity index (χ1) is 5.36. The molecule has 0 saturated heterocycles. The Morgan fingerprint density at radius 3 is 1.82 bits per heavy atom. The number of H-pyrrole nitrogens is 1. The standard InChI is InChI=1S/C8H15N3/c1-3-5-7-9-8(6-4-2)11-10-7/h3-6H2,1-2H3,(H,9,10,11).